The summed E-state index contributed by atoms with van der Waals surface area (Å²) in [4.78, 5) is 32.5. The average Bonchev–Trinajstić information content (AvgIpc) is 3.49. The lowest BCUT2D eigenvalue weighted by Crippen LogP contribution is -2.65. The van der Waals surface area contributed by atoms with E-state index in [4.69, 9.17) is 37.3 Å². The van der Waals surface area contributed by atoms with Gasteiger partial charge in [-0.25, -0.2) is 0 Å². The van der Waals surface area contributed by atoms with Crippen LogP contribution >= 0.6 is 23.2 Å². The van der Waals surface area contributed by atoms with Crippen molar-refractivity contribution < 1.29 is 23.7 Å². The van der Waals surface area contributed by atoms with Gasteiger partial charge in [0.1, 0.15) is 0 Å². The molecule has 224 valence electrons. The summed E-state index contributed by atoms with van der Waals surface area (Å²) in [6.07, 6.45) is 4.40. The maximum Gasteiger partial charge on any atom is 0.481 e. The van der Waals surface area contributed by atoms with E-state index < -0.39 is 12.7 Å². The van der Waals surface area contributed by atoms with Crippen molar-refractivity contribution in [2.75, 3.05) is 6.54 Å². The van der Waals surface area contributed by atoms with Gasteiger partial charge in [-0.05, 0) is 74.0 Å². The Kier molecular flexibility index (Phi) is 8.49. The van der Waals surface area contributed by atoms with Crippen LogP contribution < -0.4 is 10.6 Å². The molecule has 3 aliphatic carbocycles. The zero-order valence-electron chi connectivity index (χ0n) is 24.9. The van der Waals surface area contributed by atoms with E-state index >= 15 is 0 Å². The van der Waals surface area contributed by atoms with E-state index in [0.29, 0.717) is 46.4 Å². The molecule has 3 saturated carbocycles. The van der Waals surface area contributed by atoms with Crippen LogP contribution in [0.3, 0.4) is 0 Å². The lowest BCUT2D eigenvalue weighted by molar-refractivity contribution is -0.199. The number of carbonyl (C=O) groups is 2. The molecule has 1 aromatic rings. The molecule has 4 fully saturated rings. The van der Waals surface area contributed by atoms with Gasteiger partial charge < -0.3 is 24.8 Å². The number of carbonyl (C=O) groups excluding carboxylic acids is 2. The number of hydrogen-bond donors (Lipinski definition) is 2. The molecule has 2 heterocycles. The molecule has 5 aliphatic rings. The number of oxime groups is 1. The van der Waals surface area contributed by atoms with E-state index in [1.54, 1.807) is 12.1 Å². The highest BCUT2D eigenvalue weighted by Crippen LogP contribution is 2.65. The van der Waals surface area contributed by atoms with E-state index in [-0.39, 0.29) is 53.4 Å². The highest BCUT2D eigenvalue weighted by Gasteiger charge is 2.68. The Bertz CT molecular complexity index is 1230. The molecule has 6 rings (SSSR count). The Morgan fingerprint density at radius 2 is 1.95 bits per heavy atom. The predicted octanol–water partition coefficient (Wildman–Crippen LogP) is 5.84. The van der Waals surface area contributed by atoms with Crippen molar-refractivity contribution in [3.05, 3.63) is 33.8 Å². The van der Waals surface area contributed by atoms with Gasteiger partial charge in [0.2, 0.25) is 5.60 Å². The van der Waals surface area contributed by atoms with Crippen molar-refractivity contribution in [2.24, 2.45) is 28.3 Å². The standard InChI is InChI=1S/C30H42BCl2N3O5/c1-7-10-30(15-20(36-41-30)16-34-26(37)21-14-19(32)8-9-22(21)33)27(38)35-25(11-17(2)3)31-39-24-13-18-12-23(28(18,4)5)29(24,6)40-31/h8-9,14,17-18,23-25H,7,10-13,15-16H2,1-6H3,(H,34,37)(H,35,38)/t18-,23-,24+,25-,29-,30?/m0/s1. The summed E-state index contributed by atoms with van der Waals surface area (Å²) in [7, 11) is -0.520. The summed E-state index contributed by atoms with van der Waals surface area (Å²) in [5.41, 5.74) is -0.413. The fraction of sp³-hybridized carbons (Fsp3) is 0.700. The van der Waals surface area contributed by atoms with Crippen LogP contribution in [0.1, 0.15) is 90.4 Å². The lowest BCUT2D eigenvalue weighted by Gasteiger charge is -2.64. The normalized spacial score (nSPS) is 32.1. The van der Waals surface area contributed by atoms with Gasteiger partial charge in [-0.1, -0.05) is 69.4 Å². The second kappa shape index (κ2) is 11.4. The molecule has 0 spiro atoms. The minimum absolute atomic E-state index is 0.0368. The molecular weight excluding hydrogens is 564 g/mol. The fourth-order valence-electron chi connectivity index (χ4n) is 7.48. The molecule has 1 saturated heterocycles. The molecule has 2 N–H and O–H groups in total. The largest absolute Gasteiger partial charge is 0.481 e. The van der Waals surface area contributed by atoms with Crippen molar-refractivity contribution in [3.8, 4) is 0 Å². The molecular formula is C30H42BCl2N3O5. The lowest BCUT2D eigenvalue weighted by atomic mass is 9.43. The number of nitrogens with zero attached hydrogens (tertiary/aromatic N) is 1. The first-order valence-corrected chi connectivity index (χ1v) is 15.7. The molecule has 11 heteroatoms. The Balaban J connectivity index is 1.25. The molecule has 2 amide bonds. The number of amides is 2. The highest BCUT2D eigenvalue weighted by molar-refractivity contribution is 6.48. The van der Waals surface area contributed by atoms with E-state index in [9.17, 15) is 9.59 Å². The van der Waals surface area contributed by atoms with E-state index in [1.165, 1.54) is 12.5 Å². The van der Waals surface area contributed by atoms with Crippen molar-refractivity contribution in [2.45, 2.75) is 103 Å². The third-order valence-electron chi connectivity index (χ3n) is 9.87. The minimum Gasteiger partial charge on any atom is -0.404 e. The zero-order chi connectivity index (χ0) is 29.7. The van der Waals surface area contributed by atoms with Crippen molar-refractivity contribution in [1.29, 1.82) is 0 Å². The molecule has 8 nitrogen and oxygen atoms in total. The number of hydrogen-bond acceptors (Lipinski definition) is 6. The van der Waals surface area contributed by atoms with Crippen molar-refractivity contribution in [3.63, 3.8) is 0 Å². The first-order chi connectivity index (χ1) is 19.3. The van der Waals surface area contributed by atoms with Gasteiger partial charge in [0.15, 0.2) is 0 Å². The highest BCUT2D eigenvalue weighted by atomic mass is 35.5. The third-order valence-corrected chi connectivity index (χ3v) is 10.4. The van der Waals surface area contributed by atoms with Crippen LogP contribution in [0.4, 0.5) is 0 Å². The Morgan fingerprint density at radius 1 is 1.20 bits per heavy atom. The molecule has 2 bridgehead atoms. The smallest absolute Gasteiger partial charge is 0.404 e. The molecule has 1 unspecified atom stereocenters. The van der Waals surface area contributed by atoms with Crippen LogP contribution in [-0.2, 0) is 18.9 Å². The zero-order valence-corrected chi connectivity index (χ0v) is 26.4. The maximum absolute atomic E-state index is 13.9. The summed E-state index contributed by atoms with van der Waals surface area (Å²) in [6, 6.07) is 4.72. The molecule has 0 aromatic heterocycles. The summed E-state index contributed by atoms with van der Waals surface area (Å²) in [5.74, 6) is 0.482. The van der Waals surface area contributed by atoms with Gasteiger partial charge in [0, 0.05) is 11.4 Å². The van der Waals surface area contributed by atoms with Crippen LogP contribution in [0.25, 0.3) is 0 Å². The SMILES string of the molecule is CCCC1(C(=O)N[C@@H](CC(C)C)B2O[C@@H]3C[C@@H]4C[C@@H](C4(C)C)[C@]3(C)O2)CC(CNC(=O)c2cc(Cl)ccc2Cl)=NO1. The monoisotopic (exact) mass is 605 g/mol. The third kappa shape index (κ3) is 5.64. The van der Waals surface area contributed by atoms with E-state index in [1.807, 2.05) is 6.92 Å². The quantitative estimate of drug-likeness (QED) is 0.327. The molecule has 41 heavy (non-hydrogen) atoms. The second-order valence-electron chi connectivity index (χ2n) is 13.5. The number of halogens is 2. The Morgan fingerprint density at radius 3 is 2.63 bits per heavy atom. The summed E-state index contributed by atoms with van der Waals surface area (Å²) < 4.78 is 13.3. The van der Waals surface area contributed by atoms with E-state index in [0.717, 1.165) is 12.8 Å². The molecule has 1 aromatic carbocycles. The van der Waals surface area contributed by atoms with Gasteiger partial charge >= 0.3 is 7.12 Å². The summed E-state index contributed by atoms with van der Waals surface area (Å²) in [5, 5.41) is 11.0. The van der Waals surface area contributed by atoms with Gasteiger partial charge in [-0.15, -0.1) is 0 Å². The first-order valence-electron chi connectivity index (χ1n) is 14.9. The number of benzene rings is 1. The van der Waals surface area contributed by atoms with Crippen molar-refractivity contribution >= 4 is 47.8 Å². The van der Waals surface area contributed by atoms with Crippen LogP contribution in [0, 0.1) is 23.2 Å². The van der Waals surface area contributed by atoms with Crippen LogP contribution in [0.15, 0.2) is 23.4 Å². The van der Waals surface area contributed by atoms with Crippen molar-refractivity contribution in [1.82, 2.24) is 10.6 Å². The van der Waals surface area contributed by atoms with Gasteiger partial charge in [-0.3, -0.25) is 9.59 Å². The van der Waals surface area contributed by atoms with Gasteiger partial charge in [-0.2, -0.15) is 0 Å². The van der Waals surface area contributed by atoms with Gasteiger partial charge in [0.25, 0.3) is 11.8 Å². The van der Waals surface area contributed by atoms with Crippen LogP contribution in [0.5, 0.6) is 0 Å². The van der Waals surface area contributed by atoms with Gasteiger partial charge in [0.05, 0.1) is 40.5 Å². The van der Waals surface area contributed by atoms with Crippen LogP contribution in [0.2, 0.25) is 10.0 Å². The second-order valence-corrected chi connectivity index (χ2v) is 14.4. The molecule has 0 radical (unpaired) electrons. The number of nitrogens with one attached hydrogen (secondary N) is 2. The topological polar surface area (TPSA) is 98.2 Å². The minimum atomic E-state index is -1.16. The Hall–Kier alpha value is -1.81. The fourth-order valence-corrected chi connectivity index (χ4v) is 7.86. The predicted molar refractivity (Wildman–Crippen MR) is 161 cm³/mol. The van der Waals surface area contributed by atoms with E-state index in [2.05, 4.69) is 50.4 Å². The maximum atomic E-state index is 13.9. The summed E-state index contributed by atoms with van der Waals surface area (Å²) >= 11 is 12.2. The molecule has 2 aliphatic heterocycles. The van der Waals surface area contributed by atoms with Crippen LogP contribution in [-0.4, -0.2) is 54.4 Å². The first kappa shape index (κ1) is 30.6. The average molecular weight is 606 g/mol. The number of rotatable bonds is 10. The Labute approximate surface area is 253 Å². The molecule has 6 atom stereocenters. The summed E-state index contributed by atoms with van der Waals surface area (Å²) in [6.45, 7) is 13.3.